The Labute approximate surface area is 233 Å². The first-order valence-electron chi connectivity index (χ1n) is 13.4. The quantitative estimate of drug-likeness (QED) is 0.224. The Hall–Kier alpha value is -3.78. The molecule has 1 fully saturated rings. The second-order valence-corrected chi connectivity index (χ2v) is 11.6. The third-order valence-electron chi connectivity index (χ3n) is 6.97. The first-order valence-corrected chi connectivity index (χ1v) is 13.7. The number of para-hydroxylation sites is 1. The molecular weight excluding hydrogens is 512 g/mol. The highest BCUT2D eigenvalue weighted by molar-refractivity contribution is 6.33. The van der Waals surface area contributed by atoms with Crippen LogP contribution in [0.25, 0.3) is 22.2 Å². The van der Waals surface area contributed by atoms with Gasteiger partial charge in [-0.2, -0.15) is 0 Å². The van der Waals surface area contributed by atoms with Gasteiger partial charge in [0.05, 0.1) is 16.9 Å². The van der Waals surface area contributed by atoms with Crippen LogP contribution in [0.15, 0.2) is 60.9 Å². The number of nitrogen functional groups attached to an aromatic ring is 1. The number of nitrogens with one attached hydrogen (secondary N) is 2. The van der Waals surface area contributed by atoms with E-state index >= 15 is 0 Å². The van der Waals surface area contributed by atoms with E-state index in [1.807, 2.05) is 80.4 Å². The van der Waals surface area contributed by atoms with Crippen molar-refractivity contribution < 1.29 is 9.53 Å². The Balaban J connectivity index is 1.35. The van der Waals surface area contributed by atoms with E-state index in [0.717, 1.165) is 47.7 Å². The van der Waals surface area contributed by atoms with E-state index in [0.29, 0.717) is 28.9 Å². The molecule has 1 aliphatic carbocycles. The molecule has 8 nitrogen and oxygen atoms in total. The number of H-pyrrole nitrogens is 1. The third-order valence-corrected chi connectivity index (χ3v) is 7.25. The lowest BCUT2D eigenvalue weighted by atomic mass is 9.90. The topological polar surface area (TPSA) is 109 Å². The van der Waals surface area contributed by atoms with Crippen LogP contribution in [-0.2, 0) is 11.3 Å². The number of anilines is 2. The molecule has 0 saturated heterocycles. The van der Waals surface area contributed by atoms with E-state index in [9.17, 15) is 4.79 Å². The van der Waals surface area contributed by atoms with Crippen LogP contribution >= 0.6 is 11.6 Å². The van der Waals surface area contributed by atoms with Crippen molar-refractivity contribution in [1.29, 1.82) is 0 Å². The van der Waals surface area contributed by atoms with Crippen LogP contribution in [0.2, 0.25) is 5.02 Å². The molecule has 39 heavy (non-hydrogen) atoms. The van der Waals surface area contributed by atoms with Gasteiger partial charge >= 0.3 is 6.09 Å². The fourth-order valence-electron chi connectivity index (χ4n) is 5.14. The number of hydrogen-bond donors (Lipinski definition) is 3. The lowest BCUT2D eigenvalue weighted by Crippen LogP contribution is -2.46. The molecule has 2 aromatic heterocycles. The number of carbonyl (C=O) groups excluding carboxylic acids is 1. The van der Waals surface area contributed by atoms with Crippen molar-refractivity contribution in [1.82, 2.24) is 19.9 Å². The van der Waals surface area contributed by atoms with Crippen molar-refractivity contribution in [3.8, 4) is 11.3 Å². The molecule has 2 heterocycles. The molecule has 9 heteroatoms. The molecule has 0 spiro atoms. The van der Waals surface area contributed by atoms with Gasteiger partial charge in [-0.1, -0.05) is 41.9 Å². The zero-order valence-corrected chi connectivity index (χ0v) is 23.3. The number of nitrogens with two attached hydrogens (primary N) is 1. The normalized spacial score (nSPS) is 17.6. The minimum Gasteiger partial charge on any atom is -0.444 e. The molecule has 0 bridgehead atoms. The number of aromatic amines is 1. The highest BCUT2D eigenvalue weighted by Gasteiger charge is 2.33. The summed E-state index contributed by atoms with van der Waals surface area (Å²) in [4.78, 5) is 27.7. The third kappa shape index (κ3) is 6.45. The summed E-state index contributed by atoms with van der Waals surface area (Å²) in [6.07, 6.45) is 6.82. The summed E-state index contributed by atoms with van der Waals surface area (Å²) >= 11 is 6.54. The minimum absolute atomic E-state index is 0.00374. The Morgan fingerprint density at radius 3 is 2.72 bits per heavy atom. The van der Waals surface area contributed by atoms with Crippen molar-refractivity contribution in [2.75, 3.05) is 11.1 Å². The fourth-order valence-corrected chi connectivity index (χ4v) is 5.33. The monoisotopic (exact) mass is 546 g/mol. The van der Waals surface area contributed by atoms with Gasteiger partial charge in [0.25, 0.3) is 0 Å². The smallest absolute Gasteiger partial charge is 0.410 e. The summed E-state index contributed by atoms with van der Waals surface area (Å²) in [6.45, 7) is 6.12. The molecule has 2 atom stereocenters. The molecule has 2 aromatic carbocycles. The largest absolute Gasteiger partial charge is 0.444 e. The molecule has 1 amide bonds. The number of carbonyl (C=O) groups is 1. The second-order valence-electron chi connectivity index (χ2n) is 11.1. The van der Waals surface area contributed by atoms with E-state index < -0.39 is 5.60 Å². The first-order chi connectivity index (χ1) is 18.7. The maximum Gasteiger partial charge on any atom is 0.410 e. The van der Waals surface area contributed by atoms with Crippen LogP contribution in [0.4, 0.5) is 16.4 Å². The highest BCUT2D eigenvalue weighted by atomic mass is 35.5. The van der Waals surface area contributed by atoms with E-state index in [4.69, 9.17) is 27.1 Å². The number of halogens is 1. The molecule has 5 rings (SSSR count). The van der Waals surface area contributed by atoms with Crippen molar-refractivity contribution >= 4 is 40.2 Å². The minimum atomic E-state index is -0.585. The molecule has 0 unspecified atom stereocenters. The molecule has 1 saturated carbocycles. The summed E-state index contributed by atoms with van der Waals surface area (Å²) < 4.78 is 5.81. The average Bonchev–Trinajstić information content (AvgIpc) is 3.32. The van der Waals surface area contributed by atoms with Gasteiger partial charge in [-0.3, -0.25) is 0 Å². The summed E-state index contributed by atoms with van der Waals surface area (Å²) in [5.74, 6) is 0.521. The van der Waals surface area contributed by atoms with Crippen LogP contribution in [-0.4, -0.2) is 43.6 Å². The van der Waals surface area contributed by atoms with E-state index in [2.05, 4.69) is 15.3 Å². The van der Waals surface area contributed by atoms with E-state index in [-0.39, 0.29) is 18.2 Å². The molecule has 204 valence electrons. The summed E-state index contributed by atoms with van der Waals surface area (Å²) in [7, 11) is 0. The highest BCUT2D eigenvalue weighted by Crippen LogP contribution is 2.33. The maximum absolute atomic E-state index is 13.3. The summed E-state index contributed by atoms with van der Waals surface area (Å²) in [6, 6.07) is 15.8. The van der Waals surface area contributed by atoms with Crippen molar-refractivity contribution in [3.05, 3.63) is 71.5 Å². The lowest BCUT2D eigenvalue weighted by molar-refractivity contribution is 0.00938. The van der Waals surface area contributed by atoms with Crippen LogP contribution in [0.5, 0.6) is 0 Å². The van der Waals surface area contributed by atoms with E-state index in [1.54, 1.807) is 6.20 Å². The Morgan fingerprint density at radius 1 is 1.18 bits per heavy atom. The Bertz CT molecular complexity index is 1450. The summed E-state index contributed by atoms with van der Waals surface area (Å²) in [5, 5.41) is 5.06. The van der Waals surface area contributed by atoms with E-state index in [1.165, 1.54) is 0 Å². The number of rotatable bonds is 6. The van der Waals surface area contributed by atoms with Crippen LogP contribution in [0.3, 0.4) is 0 Å². The van der Waals surface area contributed by atoms with Gasteiger partial charge in [-0.15, -0.1) is 0 Å². The predicted molar refractivity (Wildman–Crippen MR) is 157 cm³/mol. The molecule has 4 N–H and O–H groups in total. The van der Waals surface area contributed by atoms with Gasteiger partial charge in [-0.25, -0.2) is 14.8 Å². The number of hydrogen-bond acceptors (Lipinski definition) is 6. The maximum atomic E-state index is 13.3. The zero-order chi connectivity index (χ0) is 27.6. The first kappa shape index (κ1) is 26.8. The number of amides is 1. The van der Waals surface area contributed by atoms with Crippen molar-refractivity contribution in [3.63, 3.8) is 0 Å². The SMILES string of the molecule is CC(C)(C)OC(=O)N(Cc1ccc(N)cc1)[C@H]1CCC[C@@H](Nc2ncc(Cl)c(-c3c[nH]c4ccccc34)n2)C1. The fraction of sp³-hybridized carbons (Fsp3) is 0.367. The van der Waals surface area contributed by atoms with Gasteiger partial charge in [0, 0.05) is 47.0 Å². The Kier molecular flexibility index (Phi) is 7.66. The molecular formula is C30H35ClN6O2. The van der Waals surface area contributed by atoms with Gasteiger partial charge in [-0.05, 0) is 70.2 Å². The van der Waals surface area contributed by atoms with Crippen LogP contribution in [0.1, 0.15) is 52.0 Å². The second kappa shape index (κ2) is 11.1. The van der Waals surface area contributed by atoms with Gasteiger partial charge in [0.1, 0.15) is 5.60 Å². The molecule has 0 radical (unpaired) electrons. The van der Waals surface area contributed by atoms with Gasteiger partial charge < -0.3 is 25.7 Å². The van der Waals surface area contributed by atoms with Crippen molar-refractivity contribution in [2.24, 2.45) is 0 Å². The number of fused-ring (bicyclic) bond motifs is 1. The number of ether oxygens (including phenoxy) is 1. The standard InChI is InChI=1S/C30H35ClN6O2/c1-30(2,3)39-29(38)37(18-19-11-13-20(32)14-12-19)22-8-6-7-21(15-22)35-28-34-17-25(31)27(36-28)24-16-33-26-10-5-4-9-23(24)26/h4-5,9-14,16-17,21-22,33H,6-8,15,18,32H2,1-3H3,(H,34,35,36)/t21-,22+/m1/s1. The molecule has 0 aliphatic heterocycles. The number of nitrogens with zero attached hydrogens (tertiary/aromatic N) is 3. The number of aromatic nitrogens is 3. The number of benzene rings is 2. The lowest BCUT2D eigenvalue weighted by Gasteiger charge is -2.38. The van der Waals surface area contributed by atoms with Crippen molar-refractivity contribution in [2.45, 2.75) is 70.7 Å². The van der Waals surface area contributed by atoms with Gasteiger partial charge in [0.15, 0.2) is 0 Å². The average molecular weight is 547 g/mol. The van der Waals surface area contributed by atoms with Gasteiger partial charge in [0.2, 0.25) is 5.95 Å². The molecule has 4 aromatic rings. The van der Waals surface area contributed by atoms with Crippen LogP contribution < -0.4 is 11.1 Å². The Morgan fingerprint density at radius 2 is 1.95 bits per heavy atom. The van der Waals surface area contributed by atoms with Crippen LogP contribution in [0, 0.1) is 0 Å². The predicted octanol–water partition coefficient (Wildman–Crippen LogP) is 7.02. The summed E-state index contributed by atoms with van der Waals surface area (Å²) in [5.41, 5.74) is 9.63. The molecule has 1 aliphatic rings. The zero-order valence-electron chi connectivity index (χ0n) is 22.6.